The van der Waals surface area contributed by atoms with Crippen LogP contribution in [0.4, 0.5) is 5.69 Å². The summed E-state index contributed by atoms with van der Waals surface area (Å²) in [5, 5.41) is 2.95. The van der Waals surface area contributed by atoms with Crippen LogP contribution in [0, 0.1) is 0 Å². The molecule has 1 aromatic heterocycles. The monoisotopic (exact) mass is 427 g/mol. The van der Waals surface area contributed by atoms with Crippen LogP contribution in [-0.4, -0.2) is 16.4 Å². The lowest BCUT2D eigenvalue weighted by atomic mass is 10.1. The number of anilines is 1. The molecule has 31 heavy (non-hydrogen) atoms. The number of hydrogen-bond donors (Lipinski definition) is 1. The lowest BCUT2D eigenvalue weighted by Crippen LogP contribution is -2.35. The molecule has 2 amide bonds. The number of halogens is 1. The summed E-state index contributed by atoms with van der Waals surface area (Å²) in [7, 11) is 0. The zero-order chi connectivity index (χ0) is 21.4. The van der Waals surface area contributed by atoms with E-state index in [1.807, 2.05) is 72.9 Å². The topological polar surface area (TPSA) is 54.3 Å². The van der Waals surface area contributed by atoms with Gasteiger partial charge in [-0.15, -0.1) is 0 Å². The van der Waals surface area contributed by atoms with Crippen LogP contribution in [0.15, 0.2) is 90.6 Å². The van der Waals surface area contributed by atoms with E-state index >= 15 is 0 Å². The highest BCUT2D eigenvalue weighted by atomic mass is 35.5. The van der Waals surface area contributed by atoms with Crippen LogP contribution >= 0.6 is 11.6 Å². The minimum Gasteiger partial charge on any atom is -0.342 e. The van der Waals surface area contributed by atoms with Gasteiger partial charge in [0.1, 0.15) is 5.57 Å². The number of rotatable bonds is 4. The van der Waals surface area contributed by atoms with Gasteiger partial charge in [0, 0.05) is 34.2 Å². The molecular weight excluding hydrogens is 410 g/mol. The Kier molecular flexibility index (Phi) is 4.81. The number of hydrogen-bond acceptors (Lipinski definition) is 2. The molecule has 0 bridgehead atoms. The molecule has 6 heteroatoms. The number of amides is 2. The third-order valence-corrected chi connectivity index (χ3v) is 5.54. The van der Waals surface area contributed by atoms with Gasteiger partial charge in [-0.05, 0) is 42.0 Å². The lowest BCUT2D eigenvalue weighted by molar-refractivity contribution is -0.117. The number of nitrogens with zero attached hydrogens (tertiary/aromatic N) is 2. The van der Waals surface area contributed by atoms with E-state index in [0.717, 1.165) is 22.0 Å². The Bertz CT molecular complexity index is 1320. The molecule has 0 radical (unpaired) electrons. The predicted octanol–water partition coefficient (Wildman–Crippen LogP) is 4.80. The Labute approximate surface area is 184 Å². The average Bonchev–Trinajstić information content (AvgIpc) is 3.28. The molecule has 1 aliphatic rings. The fourth-order valence-corrected chi connectivity index (χ4v) is 3.91. The molecule has 1 saturated heterocycles. The number of aromatic nitrogens is 1. The van der Waals surface area contributed by atoms with Gasteiger partial charge in [0.25, 0.3) is 11.8 Å². The SMILES string of the molecule is O=C1NN(c2ccccc2)C(=O)/C1=C\c1cn(Cc2ccc(Cl)cc2)c2ccccc12. The highest BCUT2D eigenvalue weighted by molar-refractivity contribution is 6.32. The van der Waals surface area contributed by atoms with Crippen molar-refractivity contribution in [2.75, 3.05) is 5.01 Å². The number of nitrogens with one attached hydrogen (secondary N) is 1. The first-order chi connectivity index (χ1) is 15.1. The van der Waals surface area contributed by atoms with Gasteiger partial charge in [0.2, 0.25) is 0 Å². The second-order valence-electron chi connectivity index (χ2n) is 7.33. The third-order valence-electron chi connectivity index (χ3n) is 5.29. The van der Waals surface area contributed by atoms with Gasteiger partial charge in [-0.25, -0.2) is 5.01 Å². The van der Waals surface area contributed by atoms with Crippen LogP contribution in [0.1, 0.15) is 11.1 Å². The van der Waals surface area contributed by atoms with E-state index in [0.29, 0.717) is 17.3 Å². The fourth-order valence-electron chi connectivity index (χ4n) is 3.78. The van der Waals surface area contributed by atoms with Crippen LogP contribution < -0.4 is 10.4 Å². The van der Waals surface area contributed by atoms with E-state index in [1.165, 1.54) is 5.01 Å². The second kappa shape index (κ2) is 7.78. The van der Waals surface area contributed by atoms with E-state index in [2.05, 4.69) is 9.99 Å². The summed E-state index contributed by atoms with van der Waals surface area (Å²) in [6, 6.07) is 24.7. The molecule has 5 rings (SSSR count). The first-order valence-corrected chi connectivity index (χ1v) is 10.2. The van der Waals surface area contributed by atoms with Gasteiger partial charge in [-0.3, -0.25) is 15.0 Å². The number of benzene rings is 3. The lowest BCUT2D eigenvalue weighted by Gasteiger charge is -2.13. The van der Waals surface area contributed by atoms with Crippen molar-refractivity contribution in [1.82, 2.24) is 9.99 Å². The molecule has 152 valence electrons. The molecule has 2 heterocycles. The molecule has 0 spiro atoms. The smallest absolute Gasteiger partial charge is 0.282 e. The Hall–Kier alpha value is -3.83. The zero-order valence-electron chi connectivity index (χ0n) is 16.5. The summed E-state index contributed by atoms with van der Waals surface area (Å²) < 4.78 is 2.11. The average molecular weight is 428 g/mol. The van der Waals surface area contributed by atoms with Gasteiger partial charge in [0.05, 0.1) is 5.69 Å². The third kappa shape index (κ3) is 3.60. The van der Waals surface area contributed by atoms with Crippen molar-refractivity contribution < 1.29 is 9.59 Å². The Morgan fingerprint density at radius 2 is 1.58 bits per heavy atom. The van der Waals surface area contributed by atoms with Gasteiger partial charge in [-0.2, -0.15) is 0 Å². The zero-order valence-corrected chi connectivity index (χ0v) is 17.2. The molecule has 1 N–H and O–H groups in total. The van der Waals surface area contributed by atoms with E-state index < -0.39 is 5.91 Å². The van der Waals surface area contributed by atoms with E-state index in [-0.39, 0.29) is 11.5 Å². The predicted molar refractivity (Wildman–Crippen MR) is 123 cm³/mol. The molecule has 1 aliphatic heterocycles. The van der Waals surface area contributed by atoms with Crippen molar-refractivity contribution in [3.8, 4) is 0 Å². The van der Waals surface area contributed by atoms with Crippen LogP contribution in [0.25, 0.3) is 17.0 Å². The molecule has 1 fully saturated rings. The number of para-hydroxylation sites is 2. The van der Waals surface area contributed by atoms with Gasteiger partial charge < -0.3 is 4.57 Å². The van der Waals surface area contributed by atoms with E-state index in [9.17, 15) is 9.59 Å². The summed E-state index contributed by atoms with van der Waals surface area (Å²) >= 11 is 6.00. The summed E-state index contributed by atoms with van der Waals surface area (Å²) in [6.07, 6.45) is 3.64. The first kappa shape index (κ1) is 19.2. The highest BCUT2D eigenvalue weighted by Crippen LogP contribution is 2.27. The van der Waals surface area contributed by atoms with Crippen LogP contribution in [-0.2, 0) is 16.1 Å². The van der Waals surface area contributed by atoms with Crippen molar-refractivity contribution in [2.24, 2.45) is 0 Å². The Balaban J connectivity index is 1.53. The second-order valence-corrected chi connectivity index (χ2v) is 7.77. The maximum Gasteiger partial charge on any atom is 0.282 e. The highest BCUT2D eigenvalue weighted by Gasteiger charge is 2.34. The molecule has 0 aliphatic carbocycles. The summed E-state index contributed by atoms with van der Waals surface area (Å²) in [5.41, 5.74) is 6.32. The molecule has 0 unspecified atom stereocenters. The fraction of sp³-hybridized carbons (Fsp3) is 0.0400. The first-order valence-electron chi connectivity index (χ1n) is 9.85. The maximum absolute atomic E-state index is 12.9. The number of fused-ring (bicyclic) bond motifs is 1. The normalized spacial score (nSPS) is 15.1. The summed E-state index contributed by atoms with van der Waals surface area (Å²) in [5.74, 6) is -0.783. The minimum absolute atomic E-state index is 0.109. The van der Waals surface area contributed by atoms with Crippen molar-refractivity contribution in [1.29, 1.82) is 0 Å². The summed E-state index contributed by atoms with van der Waals surface area (Å²) in [4.78, 5) is 25.5. The van der Waals surface area contributed by atoms with Crippen LogP contribution in [0.2, 0.25) is 5.02 Å². The number of carbonyl (C=O) groups is 2. The largest absolute Gasteiger partial charge is 0.342 e. The molecule has 0 atom stereocenters. The van der Waals surface area contributed by atoms with E-state index in [1.54, 1.807) is 18.2 Å². The molecule has 5 nitrogen and oxygen atoms in total. The number of hydrazine groups is 1. The molecule has 4 aromatic rings. The Morgan fingerprint density at radius 1 is 0.871 bits per heavy atom. The van der Waals surface area contributed by atoms with Gasteiger partial charge >= 0.3 is 0 Å². The molecule has 0 saturated carbocycles. The quantitative estimate of drug-likeness (QED) is 0.375. The van der Waals surface area contributed by atoms with Crippen LogP contribution in [0.5, 0.6) is 0 Å². The standard InChI is InChI=1S/C25H18ClN3O2/c26-19-12-10-17(11-13-19)15-28-16-18(21-8-4-5-9-23(21)28)14-22-24(30)27-29(25(22)31)20-6-2-1-3-7-20/h1-14,16H,15H2,(H,27,30)/b22-14-. The van der Waals surface area contributed by atoms with Crippen molar-refractivity contribution in [2.45, 2.75) is 6.54 Å². The molecular formula is C25H18ClN3O2. The Morgan fingerprint density at radius 3 is 2.35 bits per heavy atom. The summed E-state index contributed by atoms with van der Waals surface area (Å²) in [6.45, 7) is 0.650. The number of carbonyl (C=O) groups excluding carboxylic acids is 2. The van der Waals surface area contributed by atoms with Crippen molar-refractivity contribution in [3.63, 3.8) is 0 Å². The van der Waals surface area contributed by atoms with Gasteiger partial charge in [0.15, 0.2) is 0 Å². The minimum atomic E-state index is -0.414. The van der Waals surface area contributed by atoms with Gasteiger partial charge in [-0.1, -0.05) is 60.1 Å². The molecule has 3 aromatic carbocycles. The van der Waals surface area contributed by atoms with E-state index in [4.69, 9.17) is 11.6 Å². The van der Waals surface area contributed by atoms with Crippen molar-refractivity contribution >= 4 is 46.1 Å². The van der Waals surface area contributed by atoms with Crippen molar-refractivity contribution in [3.05, 3.63) is 107 Å². The maximum atomic E-state index is 12.9. The van der Waals surface area contributed by atoms with Crippen LogP contribution in [0.3, 0.4) is 0 Å².